The predicted molar refractivity (Wildman–Crippen MR) is 72.4 cm³/mol. The average Bonchev–Trinajstić information content (AvgIpc) is 2.27. The van der Waals surface area contributed by atoms with Gasteiger partial charge in [-0.05, 0) is 18.1 Å². The summed E-state index contributed by atoms with van der Waals surface area (Å²) in [6.45, 7) is 3.69. The largest absolute Gasteiger partial charge is 0.392 e. The third-order valence-corrected chi connectivity index (χ3v) is 4.64. The van der Waals surface area contributed by atoms with Gasteiger partial charge in [0.1, 0.15) is 4.90 Å². The van der Waals surface area contributed by atoms with Crippen LogP contribution in [0.4, 0.5) is 0 Å². The number of hydrogen-bond donors (Lipinski definition) is 2. The summed E-state index contributed by atoms with van der Waals surface area (Å²) in [5.41, 5.74) is 0.214. The fraction of sp³-hybridized carbons (Fsp3) is 0.455. The van der Waals surface area contributed by atoms with Crippen molar-refractivity contribution in [1.82, 2.24) is 4.72 Å². The van der Waals surface area contributed by atoms with E-state index in [9.17, 15) is 8.42 Å². The number of benzene rings is 1. The zero-order valence-electron chi connectivity index (χ0n) is 10.1. The highest BCUT2D eigenvalue weighted by Crippen LogP contribution is 2.30. The van der Waals surface area contributed by atoms with Gasteiger partial charge in [0.2, 0.25) is 10.0 Å². The third-order valence-electron chi connectivity index (χ3n) is 2.28. The molecule has 1 rings (SSSR count). The first kappa shape index (κ1) is 15.7. The Morgan fingerprint density at radius 3 is 2.44 bits per heavy atom. The maximum Gasteiger partial charge on any atom is 0.242 e. The molecular weight excluding hydrogens is 297 g/mol. The summed E-state index contributed by atoms with van der Waals surface area (Å²) in [5.74, 6) is 0.183. The zero-order valence-corrected chi connectivity index (χ0v) is 12.4. The van der Waals surface area contributed by atoms with E-state index < -0.39 is 16.6 Å². The number of sulfonamides is 1. The molecule has 0 spiro atoms. The van der Waals surface area contributed by atoms with Crippen molar-refractivity contribution in [3.63, 3.8) is 0 Å². The van der Waals surface area contributed by atoms with Crippen molar-refractivity contribution in [2.75, 3.05) is 6.54 Å². The highest BCUT2D eigenvalue weighted by Gasteiger charge is 2.21. The van der Waals surface area contributed by atoms with E-state index in [1.807, 2.05) is 13.8 Å². The van der Waals surface area contributed by atoms with E-state index in [1.165, 1.54) is 12.1 Å². The van der Waals surface area contributed by atoms with Crippen LogP contribution in [0.25, 0.3) is 0 Å². The van der Waals surface area contributed by atoms with E-state index in [1.54, 1.807) is 0 Å². The fourth-order valence-electron chi connectivity index (χ4n) is 1.28. The summed E-state index contributed by atoms with van der Waals surface area (Å²) in [7, 11) is -3.69. The molecule has 0 aliphatic carbocycles. The number of nitrogens with one attached hydrogen (secondary N) is 1. The fourth-order valence-corrected chi connectivity index (χ4v) is 3.39. The van der Waals surface area contributed by atoms with Gasteiger partial charge in [-0.1, -0.05) is 37.0 Å². The molecule has 1 aromatic carbocycles. The van der Waals surface area contributed by atoms with E-state index in [0.717, 1.165) is 0 Å². The summed E-state index contributed by atoms with van der Waals surface area (Å²) in [4.78, 5) is -0.0710. The highest BCUT2D eigenvalue weighted by molar-refractivity contribution is 7.89. The van der Waals surface area contributed by atoms with Gasteiger partial charge in [0.15, 0.2) is 0 Å². The number of halogens is 2. The standard InChI is InChI=1S/C11H15Cl2NO3S/c1-7(2)5-14-18(16,17)10-4-3-9(12)8(6-15)11(10)13/h3-4,7,14-15H,5-6H2,1-2H3. The van der Waals surface area contributed by atoms with Crippen LogP contribution in [0.3, 0.4) is 0 Å². The molecule has 0 aliphatic heterocycles. The predicted octanol–water partition coefficient (Wildman–Crippen LogP) is 2.42. The summed E-state index contributed by atoms with van der Waals surface area (Å²) in [5, 5.41) is 9.32. The molecule has 0 saturated carbocycles. The molecule has 102 valence electrons. The van der Waals surface area contributed by atoms with Crippen LogP contribution in [-0.4, -0.2) is 20.1 Å². The summed E-state index contributed by atoms with van der Waals surface area (Å²) in [6.07, 6.45) is 0. The molecule has 0 heterocycles. The third kappa shape index (κ3) is 3.59. The normalized spacial score (nSPS) is 12.1. The lowest BCUT2D eigenvalue weighted by Gasteiger charge is -2.12. The van der Waals surface area contributed by atoms with Crippen LogP contribution >= 0.6 is 23.2 Å². The molecule has 0 aliphatic rings. The summed E-state index contributed by atoms with van der Waals surface area (Å²) in [6, 6.07) is 2.73. The van der Waals surface area contributed by atoms with Crippen molar-refractivity contribution in [3.8, 4) is 0 Å². The van der Waals surface area contributed by atoms with Gasteiger partial charge < -0.3 is 5.11 Å². The van der Waals surface area contributed by atoms with Crippen molar-refractivity contribution >= 4 is 33.2 Å². The van der Waals surface area contributed by atoms with Gasteiger partial charge in [-0.25, -0.2) is 13.1 Å². The van der Waals surface area contributed by atoms with E-state index >= 15 is 0 Å². The maximum absolute atomic E-state index is 12.0. The van der Waals surface area contributed by atoms with E-state index in [-0.39, 0.29) is 26.4 Å². The molecular formula is C11H15Cl2NO3S. The Morgan fingerprint density at radius 2 is 1.94 bits per heavy atom. The smallest absolute Gasteiger partial charge is 0.242 e. The Bertz CT molecular complexity index is 529. The Hall–Kier alpha value is -0.330. The van der Waals surface area contributed by atoms with Gasteiger partial charge in [-0.2, -0.15) is 0 Å². The molecule has 0 unspecified atom stereocenters. The van der Waals surface area contributed by atoms with Crippen molar-refractivity contribution < 1.29 is 13.5 Å². The molecule has 18 heavy (non-hydrogen) atoms. The van der Waals surface area contributed by atoms with Crippen LogP contribution in [0.2, 0.25) is 10.0 Å². The van der Waals surface area contributed by atoms with Gasteiger partial charge in [-0.3, -0.25) is 0 Å². The molecule has 0 aromatic heterocycles. The number of rotatable bonds is 5. The van der Waals surface area contributed by atoms with Crippen molar-refractivity contribution in [2.24, 2.45) is 5.92 Å². The second-order valence-corrected chi connectivity index (χ2v) is 6.76. The van der Waals surface area contributed by atoms with Crippen LogP contribution in [-0.2, 0) is 16.6 Å². The van der Waals surface area contributed by atoms with Crippen molar-refractivity contribution in [1.29, 1.82) is 0 Å². The Morgan fingerprint density at radius 1 is 1.33 bits per heavy atom. The molecule has 0 saturated heterocycles. The Labute approximate surface area is 117 Å². The van der Waals surface area contributed by atoms with E-state index in [2.05, 4.69) is 4.72 Å². The van der Waals surface area contributed by atoms with Crippen molar-refractivity contribution in [3.05, 3.63) is 27.7 Å². The average molecular weight is 312 g/mol. The highest BCUT2D eigenvalue weighted by atomic mass is 35.5. The van der Waals surface area contributed by atoms with Crippen LogP contribution < -0.4 is 4.72 Å². The van der Waals surface area contributed by atoms with Gasteiger partial charge >= 0.3 is 0 Å². The lowest BCUT2D eigenvalue weighted by molar-refractivity contribution is 0.281. The molecule has 1 aromatic rings. The van der Waals surface area contributed by atoms with Gasteiger partial charge in [0.05, 0.1) is 11.6 Å². The summed E-state index contributed by atoms with van der Waals surface area (Å²) < 4.78 is 26.5. The first-order chi connectivity index (χ1) is 8.29. The monoisotopic (exact) mass is 311 g/mol. The zero-order chi connectivity index (χ0) is 13.9. The topological polar surface area (TPSA) is 66.4 Å². The second kappa shape index (κ2) is 6.21. The van der Waals surface area contributed by atoms with Crippen LogP contribution in [0.15, 0.2) is 17.0 Å². The molecule has 2 N–H and O–H groups in total. The first-order valence-electron chi connectivity index (χ1n) is 5.37. The maximum atomic E-state index is 12.0. The Kier molecular flexibility index (Phi) is 5.43. The SMILES string of the molecule is CC(C)CNS(=O)(=O)c1ccc(Cl)c(CO)c1Cl. The van der Waals surface area contributed by atoms with Crippen LogP contribution in [0.1, 0.15) is 19.4 Å². The lowest BCUT2D eigenvalue weighted by atomic mass is 10.2. The number of hydrogen-bond acceptors (Lipinski definition) is 3. The number of aliphatic hydroxyl groups excluding tert-OH is 1. The number of aliphatic hydroxyl groups is 1. The van der Waals surface area contributed by atoms with Crippen molar-refractivity contribution in [2.45, 2.75) is 25.3 Å². The van der Waals surface area contributed by atoms with Gasteiger partial charge in [-0.15, -0.1) is 0 Å². The van der Waals surface area contributed by atoms with Crippen LogP contribution in [0, 0.1) is 5.92 Å². The molecule has 0 atom stereocenters. The molecule has 4 nitrogen and oxygen atoms in total. The van der Waals surface area contributed by atoms with E-state index in [0.29, 0.717) is 6.54 Å². The molecule has 0 bridgehead atoms. The summed E-state index contributed by atoms with van der Waals surface area (Å²) >= 11 is 11.8. The van der Waals surface area contributed by atoms with E-state index in [4.69, 9.17) is 28.3 Å². The minimum absolute atomic E-state index is 0.0405. The van der Waals surface area contributed by atoms with Gasteiger partial charge in [0.25, 0.3) is 0 Å². The van der Waals surface area contributed by atoms with Crippen LogP contribution in [0.5, 0.6) is 0 Å². The second-order valence-electron chi connectivity index (χ2n) is 4.24. The molecule has 7 heteroatoms. The minimum Gasteiger partial charge on any atom is -0.392 e. The lowest BCUT2D eigenvalue weighted by Crippen LogP contribution is -2.28. The van der Waals surface area contributed by atoms with Gasteiger partial charge in [0, 0.05) is 17.1 Å². The molecule has 0 amide bonds. The first-order valence-corrected chi connectivity index (χ1v) is 7.61. The molecule has 0 radical (unpaired) electrons. The Balaban J connectivity index is 3.17. The molecule has 0 fully saturated rings. The quantitative estimate of drug-likeness (QED) is 0.877. The minimum atomic E-state index is -3.69.